The van der Waals surface area contributed by atoms with Crippen molar-refractivity contribution < 1.29 is 13.2 Å². The van der Waals surface area contributed by atoms with Crippen molar-refractivity contribution in [2.24, 2.45) is 18.7 Å². The van der Waals surface area contributed by atoms with Gasteiger partial charge in [-0.1, -0.05) is 0 Å². The molecule has 22 heavy (non-hydrogen) atoms. The molecule has 0 bridgehead atoms. The summed E-state index contributed by atoms with van der Waals surface area (Å²) in [7, 11) is 1.06. The van der Waals surface area contributed by atoms with Gasteiger partial charge in [0, 0.05) is 39.9 Å². The molecular formula is C13H23ClN4O3S. The maximum Gasteiger partial charge on any atom is 0.267 e. The average molecular weight is 351 g/mol. The molecule has 1 aromatic heterocycles. The predicted molar refractivity (Wildman–Crippen MR) is 86.6 cm³/mol. The molecule has 7 nitrogen and oxygen atoms in total. The molecule has 2 rings (SSSR count). The summed E-state index contributed by atoms with van der Waals surface area (Å²) in [5.74, 6) is 0.0241. The summed E-state index contributed by atoms with van der Waals surface area (Å²) in [6.07, 6.45) is 3.48. The van der Waals surface area contributed by atoms with E-state index < -0.39 is 10.0 Å². The number of nitrogens with two attached hydrogens (primary N) is 1. The van der Waals surface area contributed by atoms with Crippen molar-refractivity contribution in [1.29, 1.82) is 0 Å². The van der Waals surface area contributed by atoms with E-state index in [0.29, 0.717) is 18.2 Å². The van der Waals surface area contributed by atoms with E-state index in [2.05, 4.69) is 5.32 Å². The molecule has 1 heterocycles. The summed E-state index contributed by atoms with van der Waals surface area (Å²) in [5.41, 5.74) is 6.02. The maximum absolute atomic E-state index is 12.7. The molecular weight excluding hydrogens is 328 g/mol. The summed E-state index contributed by atoms with van der Waals surface area (Å²) in [6.45, 7) is 0.301. The van der Waals surface area contributed by atoms with Crippen molar-refractivity contribution in [3.8, 4) is 0 Å². The standard InChI is InChI=1S/C13H22N4O3S.ClH/c1-15-13(18)11-6-10(8-16(11)2)21(19,20)17(3)12(7-14)9-4-5-9;/h6,8-9,12H,4-5,7,14H2,1-3H3,(H,15,18);1H. The molecule has 1 unspecified atom stereocenters. The Labute approximate surface area is 137 Å². The minimum Gasteiger partial charge on any atom is -0.354 e. The number of aromatic nitrogens is 1. The summed E-state index contributed by atoms with van der Waals surface area (Å²) in [4.78, 5) is 11.8. The van der Waals surface area contributed by atoms with E-state index in [1.807, 2.05) is 0 Å². The van der Waals surface area contributed by atoms with Crippen molar-refractivity contribution in [3.05, 3.63) is 18.0 Å². The van der Waals surface area contributed by atoms with Crippen LogP contribution in [0.2, 0.25) is 0 Å². The van der Waals surface area contributed by atoms with Gasteiger partial charge in [0.1, 0.15) is 10.6 Å². The van der Waals surface area contributed by atoms with Crippen LogP contribution in [0.3, 0.4) is 0 Å². The number of hydrogen-bond donors (Lipinski definition) is 2. The Hall–Kier alpha value is -1.09. The van der Waals surface area contributed by atoms with Gasteiger partial charge in [0.15, 0.2) is 0 Å². The van der Waals surface area contributed by atoms with Crippen molar-refractivity contribution in [2.45, 2.75) is 23.8 Å². The van der Waals surface area contributed by atoms with Gasteiger partial charge in [0.25, 0.3) is 5.91 Å². The molecule has 1 aliphatic carbocycles. The zero-order valence-electron chi connectivity index (χ0n) is 12.9. The molecule has 3 N–H and O–H groups in total. The van der Waals surface area contributed by atoms with Gasteiger partial charge in [-0.25, -0.2) is 8.42 Å². The smallest absolute Gasteiger partial charge is 0.267 e. The molecule has 1 saturated carbocycles. The van der Waals surface area contributed by atoms with Crippen LogP contribution in [0.4, 0.5) is 0 Å². The van der Waals surface area contributed by atoms with Crippen LogP contribution in [0.5, 0.6) is 0 Å². The van der Waals surface area contributed by atoms with E-state index in [4.69, 9.17) is 5.73 Å². The van der Waals surface area contributed by atoms with Gasteiger partial charge in [-0.15, -0.1) is 12.4 Å². The lowest BCUT2D eigenvalue weighted by atomic mass is 10.2. The predicted octanol–water partition coefficient (Wildman–Crippen LogP) is 0.164. The number of aryl methyl sites for hydroxylation is 1. The van der Waals surface area contributed by atoms with Gasteiger partial charge in [0.2, 0.25) is 10.0 Å². The molecule has 0 aromatic carbocycles. The fourth-order valence-corrected chi connectivity index (χ4v) is 3.99. The summed E-state index contributed by atoms with van der Waals surface area (Å²) >= 11 is 0. The first-order valence-electron chi connectivity index (χ1n) is 6.89. The number of hydrogen-bond acceptors (Lipinski definition) is 4. The lowest BCUT2D eigenvalue weighted by molar-refractivity contribution is 0.0955. The molecule has 1 fully saturated rings. The van der Waals surface area contributed by atoms with Gasteiger partial charge in [0.05, 0.1) is 0 Å². The quantitative estimate of drug-likeness (QED) is 0.763. The second-order valence-corrected chi connectivity index (χ2v) is 7.41. The van der Waals surface area contributed by atoms with Crippen LogP contribution in [0.1, 0.15) is 23.3 Å². The monoisotopic (exact) mass is 350 g/mol. The molecule has 126 valence electrons. The normalized spacial score (nSPS) is 16.2. The first-order chi connectivity index (χ1) is 9.82. The number of nitrogens with one attached hydrogen (secondary N) is 1. The lowest BCUT2D eigenvalue weighted by Crippen LogP contribution is -2.43. The van der Waals surface area contributed by atoms with Crippen molar-refractivity contribution in [3.63, 3.8) is 0 Å². The van der Waals surface area contributed by atoms with Gasteiger partial charge in [-0.2, -0.15) is 4.31 Å². The second-order valence-electron chi connectivity index (χ2n) is 5.41. The number of amides is 1. The van der Waals surface area contributed by atoms with Crippen LogP contribution in [-0.2, 0) is 17.1 Å². The Morgan fingerprint density at radius 3 is 2.59 bits per heavy atom. The van der Waals surface area contributed by atoms with Gasteiger partial charge in [-0.05, 0) is 24.8 Å². The number of rotatable bonds is 6. The van der Waals surface area contributed by atoms with Gasteiger partial charge >= 0.3 is 0 Å². The molecule has 0 radical (unpaired) electrons. The molecule has 1 aliphatic rings. The van der Waals surface area contributed by atoms with Crippen LogP contribution in [0, 0.1) is 5.92 Å². The zero-order chi connectivity index (χ0) is 15.8. The largest absolute Gasteiger partial charge is 0.354 e. The molecule has 1 amide bonds. The Balaban J connectivity index is 0.00000242. The van der Waals surface area contributed by atoms with Crippen LogP contribution in [0.25, 0.3) is 0 Å². The molecule has 1 aromatic rings. The molecule has 0 spiro atoms. The van der Waals surface area contributed by atoms with E-state index in [-0.39, 0.29) is 29.3 Å². The topological polar surface area (TPSA) is 97.4 Å². The number of likely N-dealkylation sites (N-methyl/N-ethyl adjacent to an activating group) is 1. The van der Waals surface area contributed by atoms with Gasteiger partial charge < -0.3 is 15.6 Å². The first-order valence-corrected chi connectivity index (χ1v) is 8.33. The van der Waals surface area contributed by atoms with Gasteiger partial charge in [-0.3, -0.25) is 4.79 Å². The van der Waals surface area contributed by atoms with E-state index >= 15 is 0 Å². The first kappa shape index (κ1) is 19.0. The van der Waals surface area contributed by atoms with Crippen LogP contribution < -0.4 is 11.1 Å². The fourth-order valence-electron chi connectivity index (χ4n) is 2.49. The minimum atomic E-state index is -3.65. The molecule has 0 aliphatic heterocycles. The number of carbonyl (C=O) groups is 1. The molecule has 1 atom stereocenters. The molecule has 9 heteroatoms. The number of sulfonamides is 1. The molecule has 0 saturated heterocycles. The zero-order valence-corrected chi connectivity index (χ0v) is 14.6. The summed E-state index contributed by atoms with van der Waals surface area (Å²) in [6, 6.07) is 1.21. The third kappa shape index (κ3) is 3.45. The Kier molecular flexibility index (Phi) is 6.03. The third-order valence-corrected chi connectivity index (χ3v) is 5.84. The Morgan fingerprint density at radius 2 is 2.14 bits per heavy atom. The highest BCUT2D eigenvalue weighted by Crippen LogP contribution is 2.36. The maximum atomic E-state index is 12.7. The summed E-state index contributed by atoms with van der Waals surface area (Å²) < 4.78 is 28.2. The Bertz CT molecular complexity index is 640. The lowest BCUT2D eigenvalue weighted by Gasteiger charge is -2.25. The average Bonchev–Trinajstić information content (AvgIpc) is 3.20. The van der Waals surface area contributed by atoms with E-state index in [1.165, 1.54) is 28.2 Å². The van der Waals surface area contributed by atoms with Crippen LogP contribution >= 0.6 is 12.4 Å². The number of nitrogens with zero attached hydrogens (tertiary/aromatic N) is 2. The van der Waals surface area contributed by atoms with Crippen molar-refractivity contribution >= 4 is 28.3 Å². The van der Waals surface area contributed by atoms with Crippen LogP contribution in [0.15, 0.2) is 17.2 Å². The fraction of sp³-hybridized carbons (Fsp3) is 0.615. The Morgan fingerprint density at radius 1 is 1.55 bits per heavy atom. The highest BCUT2D eigenvalue weighted by molar-refractivity contribution is 7.89. The van der Waals surface area contributed by atoms with E-state index in [0.717, 1.165) is 12.8 Å². The number of halogens is 1. The van der Waals surface area contributed by atoms with Crippen molar-refractivity contribution in [2.75, 3.05) is 20.6 Å². The van der Waals surface area contributed by atoms with Crippen molar-refractivity contribution in [1.82, 2.24) is 14.2 Å². The minimum absolute atomic E-state index is 0. The third-order valence-electron chi connectivity index (χ3n) is 3.99. The SMILES string of the molecule is CNC(=O)c1cc(S(=O)(=O)N(C)C(CN)C2CC2)cn1C.Cl. The second kappa shape index (κ2) is 6.99. The number of carbonyl (C=O) groups excluding carboxylic acids is 1. The highest BCUT2D eigenvalue weighted by atomic mass is 35.5. The van der Waals surface area contributed by atoms with E-state index in [1.54, 1.807) is 14.1 Å². The van der Waals surface area contributed by atoms with E-state index in [9.17, 15) is 13.2 Å². The highest BCUT2D eigenvalue weighted by Gasteiger charge is 2.38. The summed E-state index contributed by atoms with van der Waals surface area (Å²) in [5, 5.41) is 2.49. The van der Waals surface area contributed by atoms with Crippen LogP contribution in [-0.4, -0.2) is 49.9 Å².